The first-order valence-corrected chi connectivity index (χ1v) is 27.0. The summed E-state index contributed by atoms with van der Waals surface area (Å²) in [7, 11) is 0. The van der Waals surface area contributed by atoms with Crippen LogP contribution in [-0.2, 0) is 37.3 Å². The number of fused-ring (bicyclic) bond motifs is 3. The van der Waals surface area contributed by atoms with E-state index in [0.29, 0.717) is 34.5 Å². The summed E-state index contributed by atoms with van der Waals surface area (Å²) in [5.41, 5.74) is 14.4. The molecular weight excluding hydrogens is 1160 g/mol. The first-order valence-electron chi connectivity index (χ1n) is 27.0. The Kier molecular flexibility index (Phi) is 14.3. The van der Waals surface area contributed by atoms with Crippen LogP contribution >= 0.6 is 0 Å². The van der Waals surface area contributed by atoms with Gasteiger partial charge in [0.1, 0.15) is 11.6 Å². The van der Waals surface area contributed by atoms with Crippen molar-refractivity contribution in [3.63, 3.8) is 0 Å². The number of rotatable bonds is 10. The molecule has 8 nitrogen and oxygen atoms in total. The number of ether oxygens (including phenoxy) is 1. The number of aromatic nitrogens is 5. The fraction of sp³-hybridized carbons (Fsp3) is 0.169. The number of anilines is 2. The van der Waals surface area contributed by atoms with E-state index < -0.39 is 0 Å². The van der Waals surface area contributed by atoms with E-state index in [0.717, 1.165) is 72.4 Å². The summed E-state index contributed by atoms with van der Waals surface area (Å²) in [5.74, 6) is 3.22. The maximum Gasteiger partial charge on any atom is 0.162 e. The Labute approximate surface area is 484 Å². The molecule has 8 aromatic carbocycles. The van der Waals surface area contributed by atoms with Crippen molar-refractivity contribution in [2.24, 2.45) is 0 Å². The maximum absolute atomic E-state index is 7.14. The van der Waals surface area contributed by atoms with E-state index in [1.54, 1.807) is 0 Å². The molecule has 0 aliphatic carbocycles. The standard InChI is InChI=1S/C71H62N7O.Pt/c1-69(2,3)51-33-29-47(30-34-51)56-26-19-27-57(48-31-35-52(36-32-48)70(4,5)6)65(56)77-41-40-76(46-77)54-24-18-25-55(43-54)79-63-45-62-59(58-42-53(71(7,8)9)37-38-61(58)78(62)64-28-16-17-39-72-64)44-60(63)68-74-66(49-20-12-10-13-21-49)73-67(75-68)50-22-14-11-15-23-50;/h10-42,44,46H,1-9H3;/q-3;. The molecule has 0 saturated heterocycles. The molecule has 0 atom stereocenters. The Bertz CT molecular complexity index is 3930. The second kappa shape index (κ2) is 21.3. The van der Waals surface area contributed by atoms with Crippen LogP contribution in [0.2, 0.25) is 0 Å². The molecule has 1 aliphatic rings. The molecule has 11 aromatic rings. The smallest absolute Gasteiger partial charge is 0.162 e. The topological polar surface area (TPSA) is 72.2 Å². The molecule has 12 rings (SSSR count). The summed E-state index contributed by atoms with van der Waals surface area (Å²) in [6.45, 7) is 22.4. The van der Waals surface area contributed by atoms with Gasteiger partial charge in [0.2, 0.25) is 0 Å². The largest absolute Gasteiger partial charge is 0.508 e. The fourth-order valence-corrected chi connectivity index (χ4v) is 10.3. The van der Waals surface area contributed by atoms with Crippen LogP contribution in [0.1, 0.15) is 79.0 Å². The van der Waals surface area contributed by atoms with Crippen molar-refractivity contribution >= 4 is 33.2 Å². The molecule has 1 aliphatic heterocycles. The van der Waals surface area contributed by atoms with Gasteiger partial charge in [-0.05, 0) is 85.6 Å². The van der Waals surface area contributed by atoms with E-state index in [1.807, 2.05) is 103 Å². The number of para-hydroxylation sites is 1. The van der Waals surface area contributed by atoms with Gasteiger partial charge in [-0.3, -0.25) is 0 Å². The van der Waals surface area contributed by atoms with Crippen LogP contribution in [0, 0.1) is 18.8 Å². The normalized spacial score (nSPS) is 12.8. The van der Waals surface area contributed by atoms with Crippen molar-refractivity contribution < 1.29 is 25.8 Å². The molecule has 0 spiro atoms. The van der Waals surface area contributed by atoms with Crippen LogP contribution in [0.25, 0.3) is 84.0 Å². The summed E-state index contributed by atoms with van der Waals surface area (Å²) >= 11 is 0. The monoisotopic (exact) mass is 1220 g/mol. The number of nitrogens with zero attached hydrogens (tertiary/aromatic N) is 7. The summed E-state index contributed by atoms with van der Waals surface area (Å²) in [5, 5.41) is 2.02. The van der Waals surface area contributed by atoms with Gasteiger partial charge in [0.25, 0.3) is 0 Å². The second-order valence-electron chi connectivity index (χ2n) is 23.4. The Morgan fingerprint density at radius 1 is 0.450 bits per heavy atom. The summed E-state index contributed by atoms with van der Waals surface area (Å²) in [4.78, 5) is 24.7. The number of benzene rings is 8. The molecule has 0 bridgehead atoms. The van der Waals surface area contributed by atoms with Gasteiger partial charge in [-0.2, -0.15) is 6.07 Å². The fourth-order valence-electron chi connectivity index (χ4n) is 10.3. The van der Waals surface area contributed by atoms with Gasteiger partial charge >= 0.3 is 0 Å². The molecule has 9 heteroatoms. The van der Waals surface area contributed by atoms with Crippen molar-refractivity contribution in [3.05, 3.63) is 242 Å². The third kappa shape index (κ3) is 10.6. The molecule has 400 valence electrons. The van der Waals surface area contributed by atoms with E-state index in [2.05, 4.69) is 199 Å². The Balaban J connectivity index is 0.00000675. The van der Waals surface area contributed by atoms with Crippen LogP contribution in [0.15, 0.2) is 207 Å². The third-order valence-electron chi connectivity index (χ3n) is 14.8. The number of pyridine rings is 1. The zero-order valence-electron chi connectivity index (χ0n) is 46.6. The molecule has 0 N–H and O–H groups in total. The maximum atomic E-state index is 7.14. The van der Waals surface area contributed by atoms with Gasteiger partial charge in [-0.25, -0.2) is 19.9 Å². The average Bonchev–Trinajstić information content (AvgIpc) is 4.08. The number of hydrogen-bond donors (Lipinski definition) is 0. The van der Waals surface area contributed by atoms with Crippen LogP contribution in [0.4, 0.5) is 11.4 Å². The zero-order chi connectivity index (χ0) is 54.6. The zero-order valence-corrected chi connectivity index (χ0v) is 48.8. The first-order chi connectivity index (χ1) is 38.0. The van der Waals surface area contributed by atoms with Crippen molar-refractivity contribution in [2.75, 3.05) is 9.80 Å². The van der Waals surface area contributed by atoms with E-state index in [9.17, 15) is 0 Å². The van der Waals surface area contributed by atoms with Gasteiger partial charge in [-0.1, -0.05) is 213 Å². The third-order valence-corrected chi connectivity index (χ3v) is 14.8. The van der Waals surface area contributed by atoms with Crippen molar-refractivity contribution in [3.8, 4) is 73.7 Å². The molecule has 0 radical (unpaired) electrons. The van der Waals surface area contributed by atoms with Gasteiger partial charge in [0.15, 0.2) is 11.6 Å². The van der Waals surface area contributed by atoms with Crippen LogP contribution < -0.4 is 14.5 Å². The molecule has 0 unspecified atom stereocenters. The van der Waals surface area contributed by atoms with E-state index >= 15 is 0 Å². The van der Waals surface area contributed by atoms with Crippen molar-refractivity contribution in [1.82, 2.24) is 24.5 Å². The van der Waals surface area contributed by atoms with E-state index in [4.69, 9.17) is 24.7 Å². The Morgan fingerprint density at radius 3 is 1.55 bits per heavy atom. The van der Waals surface area contributed by atoms with Crippen LogP contribution in [0.5, 0.6) is 11.5 Å². The first kappa shape index (κ1) is 53.5. The van der Waals surface area contributed by atoms with Gasteiger partial charge in [0.05, 0.1) is 0 Å². The summed E-state index contributed by atoms with van der Waals surface area (Å²) in [6.07, 6.45) is 6.01. The van der Waals surface area contributed by atoms with Gasteiger partial charge in [-0.15, -0.1) is 48.1 Å². The van der Waals surface area contributed by atoms with Crippen LogP contribution in [0.3, 0.4) is 0 Å². The molecular formula is C71H62N7OPt-3. The molecule has 4 heterocycles. The predicted molar refractivity (Wildman–Crippen MR) is 324 cm³/mol. The van der Waals surface area contributed by atoms with Crippen molar-refractivity contribution in [1.29, 1.82) is 0 Å². The van der Waals surface area contributed by atoms with E-state index in [-0.39, 0.29) is 37.3 Å². The van der Waals surface area contributed by atoms with Gasteiger partial charge in [0, 0.05) is 72.2 Å². The molecule has 0 fully saturated rings. The minimum absolute atomic E-state index is 0. The average molecular weight is 1220 g/mol. The Morgan fingerprint density at radius 2 is 0.988 bits per heavy atom. The van der Waals surface area contributed by atoms with Crippen molar-refractivity contribution in [2.45, 2.75) is 78.6 Å². The Hall–Kier alpha value is -8.45. The SMILES string of the molecule is CC(C)(C)c1ccc(-c2cccc(-c3ccc(C(C)(C)C)cc3)c2N2C=CN(c3[c-]c(Oc4[c-]c5c(cc4-c4nc(-c6ccccc6)nc(-c6ccccc6)n4)c4cc(C(C)(C)C)ccc4n5-c4ccccn4)ccc3)[CH-]2)cc1.[Pt]. The number of hydrogen-bond acceptors (Lipinski definition) is 7. The molecule has 0 amide bonds. The summed E-state index contributed by atoms with van der Waals surface area (Å²) < 4.78 is 9.30. The van der Waals surface area contributed by atoms with Crippen LogP contribution in [-0.4, -0.2) is 24.5 Å². The molecule has 3 aromatic heterocycles. The minimum atomic E-state index is -0.102. The quantitative estimate of drug-likeness (QED) is 0.126. The predicted octanol–water partition coefficient (Wildman–Crippen LogP) is 17.9. The summed E-state index contributed by atoms with van der Waals surface area (Å²) in [6, 6.07) is 72.9. The minimum Gasteiger partial charge on any atom is -0.508 e. The molecule has 0 saturated carbocycles. The second-order valence-corrected chi connectivity index (χ2v) is 23.4. The van der Waals surface area contributed by atoms with E-state index in [1.165, 1.54) is 16.7 Å². The van der Waals surface area contributed by atoms with Gasteiger partial charge < -0.3 is 19.1 Å². The molecule has 80 heavy (non-hydrogen) atoms.